The van der Waals surface area contributed by atoms with Crippen molar-refractivity contribution in [3.05, 3.63) is 22.2 Å². The number of benzene rings is 1. The molecule has 1 aromatic carbocycles. The van der Waals surface area contributed by atoms with Crippen LogP contribution < -0.4 is 4.74 Å². The van der Waals surface area contributed by atoms with Crippen LogP contribution >= 0.6 is 15.9 Å². The lowest BCUT2D eigenvalue weighted by atomic mass is 10.2. The van der Waals surface area contributed by atoms with Crippen LogP contribution in [0.1, 0.15) is 5.56 Å². The van der Waals surface area contributed by atoms with E-state index in [1.807, 2.05) is 0 Å². The van der Waals surface area contributed by atoms with E-state index in [2.05, 4.69) is 15.9 Å². The Morgan fingerprint density at radius 3 is 2.67 bits per heavy atom. The Labute approximate surface area is 78.7 Å². The molecule has 66 valence electrons. The average molecular weight is 233 g/mol. The molecule has 1 aromatic rings. The number of halogens is 1. The number of hydrogen-bond donors (Lipinski definition) is 2. The average Bonchev–Trinajstić information content (AvgIpc) is 2.06. The van der Waals surface area contributed by atoms with Crippen LogP contribution in [0.25, 0.3) is 0 Å². The lowest BCUT2D eigenvalue weighted by Crippen LogP contribution is -1.91. The summed E-state index contributed by atoms with van der Waals surface area (Å²) in [6.07, 6.45) is 0. The lowest BCUT2D eigenvalue weighted by Gasteiger charge is -2.08. The highest BCUT2D eigenvalue weighted by molar-refractivity contribution is 9.10. The molecule has 0 aromatic heterocycles. The maximum absolute atomic E-state index is 9.27. The van der Waals surface area contributed by atoms with Crippen molar-refractivity contribution in [2.75, 3.05) is 7.11 Å². The van der Waals surface area contributed by atoms with Crippen LogP contribution in [0.2, 0.25) is 0 Å². The van der Waals surface area contributed by atoms with Gasteiger partial charge in [0.1, 0.15) is 11.5 Å². The number of rotatable bonds is 2. The highest BCUT2D eigenvalue weighted by atomic mass is 79.9. The van der Waals surface area contributed by atoms with Crippen LogP contribution in [0.4, 0.5) is 0 Å². The van der Waals surface area contributed by atoms with Crippen molar-refractivity contribution in [3.8, 4) is 11.5 Å². The Balaban J connectivity index is 3.24. The topological polar surface area (TPSA) is 49.7 Å². The van der Waals surface area contributed by atoms with Crippen LogP contribution in [0.5, 0.6) is 11.5 Å². The quantitative estimate of drug-likeness (QED) is 0.816. The highest BCUT2D eigenvalue weighted by Crippen LogP contribution is 2.34. The Bertz CT molecular complexity index is 286. The molecule has 1 rings (SSSR count). The molecule has 0 amide bonds. The molecule has 0 fully saturated rings. The van der Waals surface area contributed by atoms with Gasteiger partial charge in [0.2, 0.25) is 0 Å². The van der Waals surface area contributed by atoms with Gasteiger partial charge in [-0.15, -0.1) is 0 Å². The first kappa shape index (κ1) is 9.35. The number of ether oxygens (including phenoxy) is 1. The molecule has 4 heteroatoms. The van der Waals surface area contributed by atoms with E-state index in [1.165, 1.54) is 13.2 Å². The molecule has 0 radical (unpaired) electrons. The van der Waals surface area contributed by atoms with Gasteiger partial charge in [-0.25, -0.2) is 0 Å². The van der Waals surface area contributed by atoms with Gasteiger partial charge in [-0.3, -0.25) is 0 Å². The summed E-state index contributed by atoms with van der Waals surface area (Å²) in [6.45, 7) is -0.219. The Hall–Kier alpha value is -0.740. The van der Waals surface area contributed by atoms with E-state index < -0.39 is 0 Å². The van der Waals surface area contributed by atoms with Gasteiger partial charge in [-0.05, 0) is 28.1 Å². The molecule has 0 saturated carbocycles. The molecular formula is C8H9BrO3. The van der Waals surface area contributed by atoms with Gasteiger partial charge in [0.05, 0.1) is 18.2 Å². The summed E-state index contributed by atoms with van der Waals surface area (Å²) in [5, 5.41) is 18.1. The van der Waals surface area contributed by atoms with E-state index in [0.717, 1.165) is 0 Å². The second kappa shape index (κ2) is 3.78. The molecule has 0 aliphatic rings. The number of aromatic hydroxyl groups is 1. The molecule has 0 bridgehead atoms. The van der Waals surface area contributed by atoms with Crippen LogP contribution in [0.15, 0.2) is 16.6 Å². The zero-order valence-electron chi connectivity index (χ0n) is 6.54. The molecule has 0 saturated heterocycles. The highest BCUT2D eigenvalue weighted by Gasteiger charge is 2.09. The number of hydrogen-bond acceptors (Lipinski definition) is 3. The summed E-state index contributed by atoms with van der Waals surface area (Å²) in [6, 6.07) is 3.10. The van der Waals surface area contributed by atoms with E-state index in [1.54, 1.807) is 6.07 Å². The standard InChI is InChI=1S/C8H9BrO3/c1-12-7-3-2-6(11)5(4-10)8(7)9/h2-3,10-11H,4H2,1H3. The molecule has 0 aliphatic carbocycles. The molecule has 3 nitrogen and oxygen atoms in total. The van der Waals surface area contributed by atoms with Gasteiger partial charge in [0.15, 0.2) is 0 Å². The maximum Gasteiger partial charge on any atom is 0.133 e. The molecule has 0 unspecified atom stereocenters. The summed E-state index contributed by atoms with van der Waals surface area (Å²) in [5.41, 5.74) is 0.439. The smallest absolute Gasteiger partial charge is 0.133 e. The first-order valence-corrected chi connectivity index (χ1v) is 4.15. The molecule has 0 atom stereocenters. The number of phenols is 1. The van der Waals surface area contributed by atoms with Gasteiger partial charge in [-0.2, -0.15) is 0 Å². The fourth-order valence-electron chi connectivity index (χ4n) is 0.898. The summed E-state index contributed by atoms with van der Waals surface area (Å²) in [7, 11) is 1.53. The predicted octanol–water partition coefficient (Wildman–Crippen LogP) is 1.66. The summed E-state index contributed by atoms with van der Waals surface area (Å²) in [4.78, 5) is 0. The van der Waals surface area contributed by atoms with Crippen molar-refractivity contribution in [2.45, 2.75) is 6.61 Å². The van der Waals surface area contributed by atoms with Crippen molar-refractivity contribution in [2.24, 2.45) is 0 Å². The van der Waals surface area contributed by atoms with Gasteiger partial charge >= 0.3 is 0 Å². The molecule has 2 N–H and O–H groups in total. The minimum atomic E-state index is -0.219. The van der Waals surface area contributed by atoms with Crippen molar-refractivity contribution < 1.29 is 14.9 Å². The molecular weight excluding hydrogens is 224 g/mol. The predicted molar refractivity (Wildman–Crippen MR) is 48.3 cm³/mol. The SMILES string of the molecule is COc1ccc(O)c(CO)c1Br. The first-order chi connectivity index (χ1) is 5.70. The van der Waals surface area contributed by atoms with E-state index in [-0.39, 0.29) is 12.4 Å². The van der Waals surface area contributed by atoms with Gasteiger partial charge in [0.25, 0.3) is 0 Å². The van der Waals surface area contributed by atoms with Crippen LogP contribution in [-0.2, 0) is 6.61 Å². The normalized spacial score (nSPS) is 9.92. The summed E-state index contributed by atoms with van der Waals surface area (Å²) < 4.78 is 5.56. The van der Waals surface area contributed by atoms with E-state index in [9.17, 15) is 5.11 Å². The van der Waals surface area contributed by atoms with E-state index in [4.69, 9.17) is 9.84 Å². The molecule has 0 aliphatic heterocycles. The number of aliphatic hydroxyl groups excluding tert-OH is 1. The van der Waals surface area contributed by atoms with E-state index in [0.29, 0.717) is 15.8 Å². The summed E-state index contributed by atoms with van der Waals surface area (Å²) in [5.74, 6) is 0.655. The molecule has 0 spiro atoms. The first-order valence-electron chi connectivity index (χ1n) is 3.36. The lowest BCUT2D eigenvalue weighted by molar-refractivity contribution is 0.273. The Kier molecular flexibility index (Phi) is 2.94. The van der Waals surface area contributed by atoms with E-state index >= 15 is 0 Å². The zero-order valence-corrected chi connectivity index (χ0v) is 8.13. The second-order valence-electron chi connectivity index (χ2n) is 2.24. The van der Waals surface area contributed by atoms with Crippen LogP contribution in [0.3, 0.4) is 0 Å². The second-order valence-corrected chi connectivity index (χ2v) is 3.03. The van der Waals surface area contributed by atoms with Gasteiger partial charge in [0, 0.05) is 5.56 Å². The van der Waals surface area contributed by atoms with Crippen molar-refractivity contribution in [3.63, 3.8) is 0 Å². The van der Waals surface area contributed by atoms with Gasteiger partial charge in [-0.1, -0.05) is 0 Å². The third-order valence-corrected chi connectivity index (χ3v) is 2.43. The minimum absolute atomic E-state index is 0.0603. The zero-order chi connectivity index (χ0) is 9.14. The Morgan fingerprint density at radius 1 is 1.50 bits per heavy atom. The van der Waals surface area contributed by atoms with Gasteiger partial charge < -0.3 is 14.9 Å². The fraction of sp³-hybridized carbons (Fsp3) is 0.250. The van der Waals surface area contributed by atoms with Crippen molar-refractivity contribution in [1.29, 1.82) is 0 Å². The Morgan fingerprint density at radius 2 is 2.17 bits per heavy atom. The number of methoxy groups -OCH3 is 1. The molecule has 0 heterocycles. The fourth-order valence-corrected chi connectivity index (χ4v) is 1.52. The van der Waals surface area contributed by atoms with Crippen LogP contribution in [0, 0.1) is 0 Å². The largest absolute Gasteiger partial charge is 0.508 e. The molecule has 12 heavy (non-hydrogen) atoms. The van der Waals surface area contributed by atoms with Crippen molar-refractivity contribution >= 4 is 15.9 Å². The third-order valence-electron chi connectivity index (χ3n) is 1.56. The third kappa shape index (κ3) is 1.54. The summed E-state index contributed by atoms with van der Waals surface area (Å²) >= 11 is 3.21. The number of aliphatic hydroxyl groups is 1. The van der Waals surface area contributed by atoms with Crippen LogP contribution in [-0.4, -0.2) is 17.3 Å². The minimum Gasteiger partial charge on any atom is -0.508 e. The maximum atomic E-state index is 9.27. The monoisotopic (exact) mass is 232 g/mol. The van der Waals surface area contributed by atoms with Crippen molar-refractivity contribution in [1.82, 2.24) is 0 Å².